The largest absolute Gasteiger partial charge is 0.308 e. The zero-order valence-electron chi connectivity index (χ0n) is 13.4. The number of rotatable bonds is 5. The molecule has 116 valence electrons. The van der Waals surface area contributed by atoms with Crippen molar-refractivity contribution in [3.63, 3.8) is 0 Å². The van der Waals surface area contributed by atoms with Crippen LogP contribution >= 0.6 is 0 Å². The van der Waals surface area contributed by atoms with Crippen LogP contribution in [0.2, 0.25) is 0 Å². The van der Waals surface area contributed by atoms with E-state index < -0.39 is 0 Å². The Hall–Kier alpha value is -0.930. The number of aryl methyl sites for hydroxylation is 1. The second-order valence-corrected chi connectivity index (χ2v) is 6.87. The number of aromatic nitrogens is 1. The Bertz CT molecular complexity index is 440. The molecule has 1 N–H and O–H groups in total. The van der Waals surface area contributed by atoms with E-state index in [1.165, 1.54) is 69.4 Å². The molecule has 2 heterocycles. The first kappa shape index (κ1) is 15.0. The molecule has 0 amide bonds. The Balaban J connectivity index is 1.49. The topological polar surface area (TPSA) is 28.2 Å². The van der Waals surface area contributed by atoms with Crippen LogP contribution in [0.4, 0.5) is 0 Å². The van der Waals surface area contributed by atoms with Crippen molar-refractivity contribution in [2.75, 3.05) is 26.2 Å². The monoisotopic (exact) mass is 287 g/mol. The standard InChI is InChI=1S/C18H29N3/c1-15(14-21-11-3-2-4-12-21)13-20-17-9-5-7-16-8-6-10-19-18(16)17/h6,8,10,15,17,20H,2-5,7,9,11-14H2,1H3. The smallest absolute Gasteiger partial charge is 0.0605 e. The first-order valence-corrected chi connectivity index (χ1v) is 8.72. The molecule has 1 aliphatic heterocycles. The molecule has 3 heteroatoms. The van der Waals surface area contributed by atoms with Gasteiger partial charge in [-0.2, -0.15) is 0 Å². The third-order valence-electron chi connectivity index (χ3n) is 4.93. The highest BCUT2D eigenvalue weighted by Crippen LogP contribution is 2.27. The van der Waals surface area contributed by atoms with Crippen molar-refractivity contribution in [3.05, 3.63) is 29.6 Å². The van der Waals surface area contributed by atoms with Crippen molar-refractivity contribution in [3.8, 4) is 0 Å². The van der Waals surface area contributed by atoms with E-state index in [0.29, 0.717) is 6.04 Å². The number of nitrogens with one attached hydrogen (secondary N) is 1. The Morgan fingerprint density at radius 3 is 3.00 bits per heavy atom. The fraction of sp³-hybridized carbons (Fsp3) is 0.722. The summed E-state index contributed by atoms with van der Waals surface area (Å²) in [5.41, 5.74) is 2.75. The lowest BCUT2D eigenvalue weighted by Crippen LogP contribution is -2.38. The summed E-state index contributed by atoms with van der Waals surface area (Å²) in [6.07, 6.45) is 9.87. The maximum atomic E-state index is 4.62. The molecule has 0 radical (unpaired) electrons. The molecule has 2 aliphatic rings. The number of nitrogens with zero attached hydrogens (tertiary/aromatic N) is 2. The van der Waals surface area contributed by atoms with Crippen LogP contribution in [-0.4, -0.2) is 36.1 Å². The van der Waals surface area contributed by atoms with Crippen LogP contribution in [0.3, 0.4) is 0 Å². The molecular formula is C18H29N3. The first-order valence-electron chi connectivity index (χ1n) is 8.72. The van der Waals surface area contributed by atoms with Gasteiger partial charge in [0, 0.05) is 18.8 Å². The van der Waals surface area contributed by atoms with Crippen LogP contribution in [0, 0.1) is 5.92 Å². The van der Waals surface area contributed by atoms with Crippen molar-refractivity contribution in [1.29, 1.82) is 0 Å². The van der Waals surface area contributed by atoms with Crippen molar-refractivity contribution in [2.24, 2.45) is 5.92 Å². The zero-order valence-corrected chi connectivity index (χ0v) is 13.4. The quantitative estimate of drug-likeness (QED) is 0.901. The van der Waals surface area contributed by atoms with Crippen LogP contribution in [0.1, 0.15) is 56.3 Å². The van der Waals surface area contributed by atoms with E-state index in [4.69, 9.17) is 0 Å². The fourth-order valence-electron chi connectivity index (χ4n) is 3.80. The lowest BCUT2D eigenvalue weighted by Gasteiger charge is -2.31. The summed E-state index contributed by atoms with van der Waals surface area (Å²) in [6.45, 7) is 7.34. The normalized spacial score (nSPS) is 24.5. The fourth-order valence-corrected chi connectivity index (χ4v) is 3.80. The Morgan fingerprint density at radius 2 is 2.14 bits per heavy atom. The highest BCUT2D eigenvalue weighted by molar-refractivity contribution is 5.25. The second kappa shape index (κ2) is 7.37. The van der Waals surface area contributed by atoms with Gasteiger partial charge in [-0.25, -0.2) is 0 Å². The molecule has 21 heavy (non-hydrogen) atoms. The number of likely N-dealkylation sites (tertiary alicyclic amines) is 1. The van der Waals surface area contributed by atoms with Crippen LogP contribution in [-0.2, 0) is 6.42 Å². The van der Waals surface area contributed by atoms with Crippen LogP contribution < -0.4 is 5.32 Å². The Kier molecular flexibility index (Phi) is 5.26. The number of hydrogen-bond donors (Lipinski definition) is 1. The highest BCUT2D eigenvalue weighted by Gasteiger charge is 2.21. The SMILES string of the molecule is CC(CNC1CCCc2cccnc21)CN1CCCCC1. The molecule has 2 atom stereocenters. The van der Waals surface area contributed by atoms with Gasteiger partial charge in [-0.1, -0.05) is 19.4 Å². The number of hydrogen-bond acceptors (Lipinski definition) is 3. The molecule has 1 aliphatic carbocycles. The van der Waals surface area contributed by atoms with E-state index in [0.717, 1.165) is 12.5 Å². The molecule has 0 spiro atoms. The van der Waals surface area contributed by atoms with Gasteiger partial charge in [0.25, 0.3) is 0 Å². The molecular weight excluding hydrogens is 258 g/mol. The predicted octanol–water partition coefficient (Wildman–Crippen LogP) is 3.17. The maximum Gasteiger partial charge on any atom is 0.0605 e. The van der Waals surface area contributed by atoms with Gasteiger partial charge in [0.15, 0.2) is 0 Å². The molecule has 1 aromatic rings. The van der Waals surface area contributed by atoms with E-state index in [1.807, 2.05) is 6.20 Å². The molecule has 1 aromatic heterocycles. The maximum absolute atomic E-state index is 4.62. The number of fused-ring (bicyclic) bond motifs is 1. The van der Waals surface area contributed by atoms with E-state index >= 15 is 0 Å². The summed E-state index contributed by atoms with van der Waals surface area (Å²) in [4.78, 5) is 7.26. The minimum Gasteiger partial charge on any atom is -0.308 e. The van der Waals surface area contributed by atoms with E-state index in [2.05, 4.69) is 34.3 Å². The summed E-state index contributed by atoms with van der Waals surface area (Å²) in [6, 6.07) is 4.78. The minimum absolute atomic E-state index is 0.471. The summed E-state index contributed by atoms with van der Waals surface area (Å²) in [7, 11) is 0. The number of pyridine rings is 1. The summed E-state index contributed by atoms with van der Waals surface area (Å²) < 4.78 is 0. The van der Waals surface area contributed by atoms with E-state index in [1.54, 1.807) is 0 Å². The Labute approximate surface area is 129 Å². The van der Waals surface area contributed by atoms with Crippen molar-refractivity contribution >= 4 is 0 Å². The molecule has 0 bridgehead atoms. The highest BCUT2D eigenvalue weighted by atomic mass is 15.1. The lowest BCUT2D eigenvalue weighted by atomic mass is 9.91. The molecule has 3 rings (SSSR count). The van der Waals surface area contributed by atoms with Gasteiger partial charge < -0.3 is 10.2 Å². The minimum atomic E-state index is 0.471. The molecule has 3 nitrogen and oxygen atoms in total. The van der Waals surface area contributed by atoms with Crippen LogP contribution in [0.25, 0.3) is 0 Å². The van der Waals surface area contributed by atoms with Crippen molar-refractivity contribution in [2.45, 2.75) is 51.5 Å². The van der Waals surface area contributed by atoms with Gasteiger partial charge in [-0.05, 0) is 69.3 Å². The molecule has 1 saturated heterocycles. The number of piperidine rings is 1. The van der Waals surface area contributed by atoms with Crippen LogP contribution in [0.5, 0.6) is 0 Å². The van der Waals surface area contributed by atoms with Crippen molar-refractivity contribution < 1.29 is 0 Å². The van der Waals surface area contributed by atoms with E-state index in [9.17, 15) is 0 Å². The van der Waals surface area contributed by atoms with Gasteiger partial charge in [0.05, 0.1) is 5.69 Å². The summed E-state index contributed by atoms with van der Waals surface area (Å²) >= 11 is 0. The average Bonchev–Trinajstić information content (AvgIpc) is 2.54. The summed E-state index contributed by atoms with van der Waals surface area (Å²) in [5, 5.41) is 3.78. The Morgan fingerprint density at radius 1 is 1.29 bits per heavy atom. The van der Waals surface area contributed by atoms with E-state index in [-0.39, 0.29) is 0 Å². The van der Waals surface area contributed by atoms with Crippen molar-refractivity contribution in [1.82, 2.24) is 15.2 Å². The first-order chi connectivity index (χ1) is 10.3. The third-order valence-corrected chi connectivity index (χ3v) is 4.93. The molecule has 2 unspecified atom stereocenters. The van der Waals surface area contributed by atoms with Gasteiger partial charge in [-0.3, -0.25) is 4.98 Å². The molecule has 1 fully saturated rings. The lowest BCUT2D eigenvalue weighted by molar-refractivity contribution is 0.196. The predicted molar refractivity (Wildman–Crippen MR) is 87.4 cm³/mol. The van der Waals surface area contributed by atoms with Crippen LogP contribution in [0.15, 0.2) is 18.3 Å². The van der Waals surface area contributed by atoms with Gasteiger partial charge >= 0.3 is 0 Å². The second-order valence-electron chi connectivity index (χ2n) is 6.87. The molecule has 0 saturated carbocycles. The van der Waals surface area contributed by atoms with Gasteiger partial charge in [-0.15, -0.1) is 0 Å². The molecule has 0 aromatic carbocycles. The van der Waals surface area contributed by atoms with Gasteiger partial charge in [0.1, 0.15) is 0 Å². The van der Waals surface area contributed by atoms with Gasteiger partial charge in [0.2, 0.25) is 0 Å². The third kappa shape index (κ3) is 4.04. The average molecular weight is 287 g/mol. The zero-order chi connectivity index (χ0) is 14.5. The summed E-state index contributed by atoms with van der Waals surface area (Å²) in [5.74, 6) is 0.720.